The van der Waals surface area contributed by atoms with Crippen LogP contribution in [0.5, 0.6) is 11.5 Å². The van der Waals surface area contributed by atoms with E-state index in [0.29, 0.717) is 80.9 Å². The van der Waals surface area contributed by atoms with Crippen molar-refractivity contribution in [1.29, 1.82) is 0 Å². The van der Waals surface area contributed by atoms with Crippen molar-refractivity contribution in [2.24, 2.45) is 0 Å². The summed E-state index contributed by atoms with van der Waals surface area (Å²) in [5, 5.41) is 33.3. The number of carbonyl (C=O) groups excluding carboxylic acids is 3. The van der Waals surface area contributed by atoms with Crippen LogP contribution in [-0.4, -0.2) is 45.6 Å². The maximum atomic E-state index is 14.0. The van der Waals surface area contributed by atoms with E-state index in [9.17, 15) is 42.9 Å². The minimum atomic E-state index is -4.45. The Morgan fingerprint density at radius 3 is 2.33 bits per heavy atom. The number of rotatable bonds is 16. The lowest BCUT2D eigenvalue weighted by Crippen LogP contribution is -2.19. The van der Waals surface area contributed by atoms with Crippen molar-refractivity contribution in [1.82, 2.24) is 0 Å². The first-order valence-electron chi connectivity index (χ1n) is 23.7. The molecule has 0 aromatic heterocycles. The molecule has 67 heavy (non-hydrogen) atoms. The van der Waals surface area contributed by atoms with Gasteiger partial charge in [0.25, 0.3) is 0 Å². The summed E-state index contributed by atoms with van der Waals surface area (Å²) in [5.41, 5.74) is 7.99. The SMILES string of the molecule is CCC1CCCC(C(=O)Cc2ccc(CCC(=O)CCCCCOC(=O)c3ccc(-c4c5c(cc6cc(O)ccc46)CC(O)CC5)c(O)c3)cc2)c2cc(-c3cccc(C(F)(F)F)c3)ccc21. The van der Waals surface area contributed by atoms with E-state index in [0.717, 1.165) is 75.0 Å². The predicted molar refractivity (Wildman–Crippen MR) is 254 cm³/mol. The second-order valence-electron chi connectivity index (χ2n) is 18.4. The topological polar surface area (TPSA) is 121 Å². The summed E-state index contributed by atoms with van der Waals surface area (Å²) in [4.78, 5) is 39.7. The quantitative estimate of drug-likeness (QED) is 0.0502. The maximum Gasteiger partial charge on any atom is 0.416 e. The molecule has 0 spiro atoms. The number of phenols is 2. The molecular formula is C57H57F3O7. The highest BCUT2D eigenvalue weighted by Gasteiger charge is 2.32. The van der Waals surface area contributed by atoms with Gasteiger partial charge >= 0.3 is 12.1 Å². The van der Waals surface area contributed by atoms with Gasteiger partial charge in [0.1, 0.15) is 23.1 Å². The summed E-state index contributed by atoms with van der Waals surface area (Å²) in [6.45, 7) is 2.31. The molecule has 3 atom stereocenters. The number of aromatic hydroxyl groups is 2. The van der Waals surface area contributed by atoms with E-state index in [2.05, 4.69) is 6.92 Å². The van der Waals surface area contributed by atoms with Crippen LogP contribution in [-0.2, 0) is 46.2 Å². The maximum absolute atomic E-state index is 14.0. The van der Waals surface area contributed by atoms with Crippen LogP contribution in [0.15, 0.2) is 109 Å². The van der Waals surface area contributed by atoms with Gasteiger partial charge in [-0.25, -0.2) is 4.79 Å². The second-order valence-corrected chi connectivity index (χ2v) is 18.4. The minimum Gasteiger partial charge on any atom is -0.508 e. The smallest absolute Gasteiger partial charge is 0.416 e. The van der Waals surface area contributed by atoms with Crippen molar-refractivity contribution in [3.05, 3.63) is 154 Å². The van der Waals surface area contributed by atoms with Crippen molar-refractivity contribution < 1.29 is 47.6 Å². The number of alkyl halides is 3. The lowest BCUT2D eigenvalue weighted by Gasteiger charge is -2.25. The van der Waals surface area contributed by atoms with E-state index in [4.69, 9.17) is 4.74 Å². The van der Waals surface area contributed by atoms with Crippen molar-refractivity contribution in [2.45, 2.75) is 121 Å². The van der Waals surface area contributed by atoms with E-state index in [1.54, 1.807) is 30.3 Å². The zero-order valence-corrected chi connectivity index (χ0v) is 37.8. The van der Waals surface area contributed by atoms with Gasteiger partial charge in [-0.3, -0.25) is 9.59 Å². The second kappa shape index (κ2) is 20.7. The molecule has 6 aromatic carbocycles. The van der Waals surface area contributed by atoms with Gasteiger partial charge in [-0.1, -0.05) is 80.1 Å². The van der Waals surface area contributed by atoms with Crippen molar-refractivity contribution in [2.75, 3.05) is 6.61 Å². The number of unbranched alkanes of at least 4 members (excludes halogenated alkanes) is 2. The molecule has 3 unspecified atom stereocenters. The first kappa shape index (κ1) is 47.2. The summed E-state index contributed by atoms with van der Waals surface area (Å²) in [6.07, 6.45) is 3.89. The number of hydrogen-bond acceptors (Lipinski definition) is 7. The van der Waals surface area contributed by atoms with Crippen LogP contribution in [0.25, 0.3) is 33.0 Å². The molecule has 0 aliphatic heterocycles. The third kappa shape index (κ3) is 11.1. The molecule has 6 aromatic rings. The molecular weight excluding hydrogens is 854 g/mol. The fourth-order valence-corrected chi connectivity index (χ4v) is 10.2. The van der Waals surface area contributed by atoms with Crippen LogP contribution in [0, 0.1) is 0 Å². The summed E-state index contributed by atoms with van der Waals surface area (Å²) >= 11 is 0. The molecule has 0 saturated carbocycles. The van der Waals surface area contributed by atoms with Crippen LogP contribution in [0.3, 0.4) is 0 Å². The first-order valence-corrected chi connectivity index (χ1v) is 23.7. The Kier molecular flexibility index (Phi) is 14.6. The minimum absolute atomic E-state index is 0.0626. The number of benzene rings is 6. The number of Topliss-reactive ketones (excluding diaryl/α,β-unsaturated/α-hetero) is 2. The first-order chi connectivity index (χ1) is 32.2. The molecule has 0 amide bonds. The standard InChI is InChI=1S/C57H57F3O7/c1-2-37-8-7-12-50(52-33-39(18-23-47(37)52)38-9-6-10-43(30-38)57(58,59)60)53(64)28-36-15-13-35(14-16-36)17-20-44(61)11-4-3-5-27-67-56(66)40-19-24-51(54(65)34-40)55-48-25-21-45(62)31-41(48)29-42-32-46(63)22-26-49(42)55/h6,9-10,13-16,18-19,21,23-25,29-31,33-34,37,46,50,62-63,65H,2-5,7-8,11-12,17,20,22,26-28,32H2,1H3. The van der Waals surface area contributed by atoms with Crippen LogP contribution in [0.1, 0.15) is 132 Å². The monoisotopic (exact) mass is 910 g/mol. The highest BCUT2D eigenvalue weighted by molar-refractivity contribution is 6.02. The molecule has 0 radical (unpaired) electrons. The van der Waals surface area contributed by atoms with Crippen molar-refractivity contribution >= 4 is 28.3 Å². The van der Waals surface area contributed by atoms with Crippen LogP contribution in [0.4, 0.5) is 13.2 Å². The number of hydrogen-bond donors (Lipinski definition) is 3. The fourth-order valence-electron chi connectivity index (χ4n) is 10.2. The Balaban J connectivity index is 0.789. The summed E-state index contributed by atoms with van der Waals surface area (Å²) in [6, 6.07) is 30.8. The summed E-state index contributed by atoms with van der Waals surface area (Å²) in [7, 11) is 0. The fraction of sp³-hybridized carbons (Fsp3) is 0.351. The summed E-state index contributed by atoms with van der Waals surface area (Å²) in [5.74, 6) is -0.312. The third-order valence-corrected chi connectivity index (χ3v) is 13.8. The Morgan fingerprint density at radius 1 is 0.761 bits per heavy atom. The normalized spacial score (nSPS) is 17.1. The van der Waals surface area contributed by atoms with Gasteiger partial charge in [0.2, 0.25) is 0 Å². The van der Waals surface area contributed by atoms with Gasteiger partial charge in [0, 0.05) is 30.7 Å². The highest BCUT2D eigenvalue weighted by Crippen LogP contribution is 2.44. The average Bonchev–Trinajstić information content (AvgIpc) is 3.50. The van der Waals surface area contributed by atoms with E-state index < -0.39 is 23.8 Å². The predicted octanol–water partition coefficient (Wildman–Crippen LogP) is 12.9. The van der Waals surface area contributed by atoms with E-state index in [1.165, 1.54) is 18.2 Å². The third-order valence-electron chi connectivity index (χ3n) is 13.8. The van der Waals surface area contributed by atoms with Gasteiger partial charge in [-0.2, -0.15) is 13.2 Å². The molecule has 0 fully saturated rings. The number of aryl methyl sites for hydroxylation is 1. The molecule has 348 valence electrons. The molecule has 7 nitrogen and oxygen atoms in total. The molecule has 2 aliphatic rings. The number of carbonyl (C=O) groups is 3. The van der Waals surface area contributed by atoms with Gasteiger partial charge in [0.15, 0.2) is 0 Å². The van der Waals surface area contributed by atoms with Crippen LogP contribution >= 0.6 is 0 Å². The van der Waals surface area contributed by atoms with Gasteiger partial charge in [0.05, 0.1) is 23.8 Å². The van der Waals surface area contributed by atoms with Crippen LogP contribution in [0.2, 0.25) is 0 Å². The molecule has 0 bridgehead atoms. The number of fused-ring (bicyclic) bond motifs is 3. The molecule has 10 heteroatoms. The Hall–Kier alpha value is -6.26. The molecule has 2 aliphatic carbocycles. The van der Waals surface area contributed by atoms with Crippen molar-refractivity contribution in [3.63, 3.8) is 0 Å². The van der Waals surface area contributed by atoms with Crippen molar-refractivity contribution in [3.8, 4) is 33.8 Å². The highest BCUT2D eigenvalue weighted by atomic mass is 19.4. The van der Waals surface area contributed by atoms with E-state index in [1.807, 2.05) is 54.6 Å². The van der Waals surface area contributed by atoms with E-state index >= 15 is 0 Å². The Labute approximate surface area is 389 Å². The van der Waals surface area contributed by atoms with Crippen LogP contribution < -0.4 is 0 Å². The van der Waals surface area contributed by atoms with Gasteiger partial charge in [-0.05, 0) is 173 Å². The number of aliphatic hydroxyl groups excluding tert-OH is 1. The zero-order valence-electron chi connectivity index (χ0n) is 37.8. The Bertz CT molecular complexity index is 2770. The molecule has 0 heterocycles. The number of ether oxygens (including phenoxy) is 1. The average molecular weight is 911 g/mol. The number of esters is 1. The molecule has 3 N–H and O–H groups in total. The Morgan fingerprint density at radius 2 is 1.55 bits per heavy atom. The molecule has 8 rings (SSSR count). The van der Waals surface area contributed by atoms with E-state index in [-0.39, 0.29) is 53.5 Å². The largest absolute Gasteiger partial charge is 0.508 e. The van der Waals surface area contributed by atoms with Gasteiger partial charge < -0.3 is 20.1 Å². The zero-order chi connectivity index (χ0) is 47.2. The summed E-state index contributed by atoms with van der Waals surface area (Å²) < 4.78 is 46.1. The number of halogens is 3. The van der Waals surface area contributed by atoms with Gasteiger partial charge in [-0.15, -0.1) is 0 Å². The number of aliphatic hydroxyl groups is 1. The molecule has 0 saturated heterocycles. The number of ketones is 2. The lowest BCUT2D eigenvalue weighted by atomic mass is 9.81. The number of phenolic OH excluding ortho intramolecular Hbond substituents is 2. The lowest BCUT2D eigenvalue weighted by molar-refractivity contribution is -0.137.